The first kappa shape index (κ1) is 18.2. The summed E-state index contributed by atoms with van der Waals surface area (Å²) < 4.78 is 1.52. The van der Waals surface area contributed by atoms with Gasteiger partial charge in [0.25, 0.3) is 5.91 Å². The summed E-state index contributed by atoms with van der Waals surface area (Å²) in [5.74, 6) is -0.480. The lowest BCUT2D eigenvalue weighted by Gasteiger charge is -2.21. The summed E-state index contributed by atoms with van der Waals surface area (Å²) in [7, 11) is 0. The fraction of sp³-hybridized carbons (Fsp3) is 0.353. The van der Waals surface area contributed by atoms with Gasteiger partial charge in [-0.1, -0.05) is 24.6 Å². The first-order valence-electron chi connectivity index (χ1n) is 7.75. The predicted molar refractivity (Wildman–Crippen MR) is 92.9 cm³/mol. The van der Waals surface area contributed by atoms with Crippen LogP contribution in [-0.4, -0.2) is 45.4 Å². The molecule has 0 aliphatic carbocycles. The lowest BCUT2D eigenvalue weighted by molar-refractivity contribution is 0.0712. The average Bonchev–Trinajstić information content (AvgIpc) is 2.54. The zero-order valence-corrected chi connectivity index (χ0v) is 14.5. The van der Waals surface area contributed by atoms with Gasteiger partial charge >= 0.3 is 0 Å². The van der Waals surface area contributed by atoms with Crippen molar-refractivity contribution in [3.8, 4) is 5.69 Å². The van der Waals surface area contributed by atoms with Crippen molar-refractivity contribution in [3.63, 3.8) is 0 Å². The highest BCUT2D eigenvalue weighted by molar-refractivity contribution is 6.30. The lowest BCUT2D eigenvalue weighted by atomic mass is 10.2. The van der Waals surface area contributed by atoms with Crippen LogP contribution in [0.1, 0.15) is 29.5 Å². The van der Waals surface area contributed by atoms with Crippen molar-refractivity contribution in [1.29, 1.82) is 0 Å². The number of aliphatic hydroxyl groups is 1. The van der Waals surface area contributed by atoms with Gasteiger partial charge in [-0.05, 0) is 31.5 Å². The number of nitrogens with zero attached hydrogens (tertiary/aromatic N) is 3. The molecule has 1 heterocycles. The Bertz CT molecular complexity index is 783. The Morgan fingerprint density at radius 1 is 1.33 bits per heavy atom. The Morgan fingerprint density at radius 3 is 2.71 bits per heavy atom. The second kappa shape index (κ2) is 8.08. The number of benzene rings is 1. The third-order valence-corrected chi connectivity index (χ3v) is 3.75. The smallest absolute Gasteiger partial charge is 0.278 e. The Hall–Kier alpha value is -2.18. The molecule has 0 bridgehead atoms. The van der Waals surface area contributed by atoms with Gasteiger partial charge in [0.2, 0.25) is 5.43 Å². The summed E-state index contributed by atoms with van der Waals surface area (Å²) in [6.45, 7) is 4.11. The highest BCUT2D eigenvalue weighted by atomic mass is 35.5. The van der Waals surface area contributed by atoms with Gasteiger partial charge in [0.1, 0.15) is 0 Å². The average molecular weight is 350 g/mol. The second-order valence-electron chi connectivity index (χ2n) is 5.41. The number of aliphatic hydroxyl groups excluding tert-OH is 1. The number of carbonyl (C=O) groups is 1. The van der Waals surface area contributed by atoms with E-state index >= 15 is 0 Å². The molecule has 0 saturated carbocycles. The minimum absolute atomic E-state index is 0.164. The first-order chi connectivity index (χ1) is 11.5. The quantitative estimate of drug-likeness (QED) is 0.866. The Kier molecular flexibility index (Phi) is 6.11. The van der Waals surface area contributed by atoms with Crippen molar-refractivity contribution in [2.45, 2.75) is 20.3 Å². The van der Waals surface area contributed by atoms with Crippen molar-refractivity contribution < 1.29 is 9.90 Å². The molecule has 6 nitrogen and oxygen atoms in total. The van der Waals surface area contributed by atoms with Crippen LogP contribution in [0.3, 0.4) is 0 Å². The number of aryl methyl sites for hydroxylation is 1. The molecule has 0 saturated heterocycles. The van der Waals surface area contributed by atoms with Crippen LogP contribution < -0.4 is 5.43 Å². The maximum atomic E-state index is 12.6. The zero-order chi connectivity index (χ0) is 17.7. The van der Waals surface area contributed by atoms with Gasteiger partial charge < -0.3 is 10.0 Å². The van der Waals surface area contributed by atoms with E-state index in [1.807, 2.05) is 6.92 Å². The van der Waals surface area contributed by atoms with Gasteiger partial charge in [-0.2, -0.15) is 5.10 Å². The zero-order valence-electron chi connectivity index (χ0n) is 13.7. The van der Waals surface area contributed by atoms with Gasteiger partial charge in [-0.3, -0.25) is 9.59 Å². The third kappa shape index (κ3) is 4.01. The summed E-state index contributed by atoms with van der Waals surface area (Å²) in [4.78, 5) is 26.3. The largest absolute Gasteiger partial charge is 0.395 e. The second-order valence-corrected chi connectivity index (χ2v) is 5.84. The van der Waals surface area contributed by atoms with Crippen molar-refractivity contribution in [2.24, 2.45) is 0 Å². The van der Waals surface area contributed by atoms with E-state index in [0.29, 0.717) is 22.9 Å². The molecule has 2 rings (SSSR count). The lowest BCUT2D eigenvalue weighted by Crippen LogP contribution is -2.38. The van der Waals surface area contributed by atoms with Crippen LogP contribution in [0.25, 0.3) is 5.69 Å². The monoisotopic (exact) mass is 349 g/mol. The van der Waals surface area contributed by atoms with E-state index in [2.05, 4.69) is 5.10 Å². The van der Waals surface area contributed by atoms with E-state index in [1.54, 1.807) is 31.2 Å². The molecule has 0 atom stereocenters. The molecule has 1 aromatic carbocycles. The fourth-order valence-electron chi connectivity index (χ4n) is 2.42. The van der Waals surface area contributed by atoms with Crippen molar-refractivity contribution >= 4 is 17.5 Å². The number of hydrogen-bond donors (Lipinski definition) is 1. The minimum Gasteiger partial charge on any atom is -0.395 e. The van der Waals surface area contributed by atoms with Gasteiger partial charge in [-0.15, -0.1) is 0 Å². The maximum Gasteiger partial charge on any atom is 0.278 e. The molecule has 1 N–H and O–H groups in total. The van der Waals surface area contributed by atoms with E-state index in [9.17, 15) is 9.59 Å². The van der Waals surface area contributed by atoms with Crippen LogP contribution in [0.4, 0.5) is 0 Å². The number of hydrogen-bond acceptors (Lipinski definition) is 4. The van der Waals surface area contributed by atoms with Crippen LogP contribution in [-0.2, 0) is 0 Å². The molecule has 2 aromatic rings. The highest BCUT2D eigenvalue weighted by Gasteiger charge is 2.21. The molecule has 0 radical (unpaired) electrons. The van der Waals surface area contributed by atoms with Gasteiger partial charge in [-0.25, -0.2) is 4.68 Å². The van der Waals surface area contributed by atoms with Crippen molar-refractivity contribution in [2.75, 3.05) is 19.7 Å². The minimum atomic E-state index is -0.480. The van der Waals surface area contributed by atoms with Crippen LogP contribution in [0.2, 0.25) is 5.02 Å². The van der Waals surface area contributed by atoms with Gasteiger partial charge in [0, 0.05) is 29.9 Å². The van der Waals surface area contributed by atoms with E-state index in [4.69, 9.17) is 16.7 Å². The SMILES string of the molecule is CCCN(CCO)C(=O)c1nn(-c2cccc(Cl)c2)c(C)cc1=O. The molecule has 0 unspecified atom stereocenters. The maximum absolute atomic E-state index is 12.6. The van der Waals surface area contributed by atoms with Crippen LogP contribution in [0.15, 0.2) is 35.1 Å². The summed E-state index contributed by atoms with van der Waals surface area (Å²) in [5.41, 5.74) is 0.665. The Balaban J connectivity index is 2.49. The van der Waals surface area contributed by atoms with E-state index in [1.165, 1.54) is 15.6 Å². The summed E-state index contributed by atoms with van der Waals surface area (Å²) in [5, 5.41) is 13.9. The molecule has 24 heavy (non-hydrogen) atoms. The standard InChI is InChI=1S/C17H20ClN3O3/c1-3-7-20(8-9-22)17(24)16-15(23)10-12(2)21(19-16)14-6-4-5-13(18)11-14/h4-6,10-11,22H,3,7-9H2,1-2H3. The third-order valence-electron chi connectivity index (χ3n) is 3.51. The fourth-order valence-corrected chi connectivity index (χ4v) is 2.60. The normalized spacial score (nSPS) is 10.7. The first-order valence-corrected chi connectivity index (χ1v) is 8.12. The molecular formula is C17H20ClN3O3. The van der Waals surface area contributed by atoms with E-state index < -0.39 is 11.3 Å². The number of halogens is 1. The Morgan fingerprint density at radius 2 is 2.08 bits per heavy atom. The summed E-state index contributed by atoms with van der Waals surface area (Å²) in [6.07, 6.45) is 0.722. The number of rotatable bonds is 6. The molecule has 0 aliphatic heterocycles. The van der Waals surface area contributed by atoms with Gasteiger partial charge in [0.15, 0.2) is 5.69 Å². The van der Waals surface area contributed by atoms with Gasteiger partial charge in [0.05, 0.1) is 12.3 Å². The van der Waals surface area contributed by atoms with E-state index in [-0.39, 0.29) is 18.8 Å². The summed E-state index contributed by atoms with van der Waals surface area (Å²) in [6, 6.07) is 8.39. The molecule has 0 spiro atoms. The van der Waals surface area contributed by atoms with E-state index in [0.717, 1.165) is 6.42 Å². The van der Waals surface area contributed by atoms with Crippen molar-refractivity contribution in [3.05, 3.63) is 57.0 Å². The highest BCUT2D eigenvalue weighted by Crippen LogP contribution is 2.15. The molecule has 7 heteroatoms. The Labute approximate surface area is 145 Å². The topological polar surface area (TPSA) is 75.4 Å². The summed E-state index contributed by atoms with van der Waals surface area (Å²) >= 11 is 6.01. The van der Waals surface area contributed by atoms with Crippen LogP contribution in [0.5, 0.6) is 0 Å². The molecular weight excluding hydrogens is 330 g/mol. The molecule has 1 aromatic heterocycles. The van der Waals surface area contributed by atoms with Crippen molar-refractivity contribution in [1.82, 2.24) is 14.7 Å². The number of amides is 1. The van der Waals surface area contributed by atoms with Crippen LogP contribution >= 0.6 is 11.6 Å². The molecule has 1 amide bonds. The predicted octanol–water partition coefficient (Wildman–Crippen LogP) is 2.04. The number of aromatic nitrogens is 2. The molecule has 0 fully saturated rings. The molecule has 128 valence electrons. The molecule has 0 aliphatic rings. The number of carbonyl (C=O) groups excluding carboxylic acids is 1. The van der Waals surface area contributed by atoms with Crippen LogP contribution in [0, 0.1) is 6.92 Å².